The average molecular weight is 381 g/mol. The van der Waals surface area contributed by atoms with Gasteiger partial charge in [-0.05, 0) is 39.1 Å². The number of rotatable bonds is 6. The molecule has 1 aliphatic heterocycles. The summed E-state index contributed by atoms with van der Waals surface area (Å²) in [5.41, 5.74) is 2.46. The molecule has 0 spiro atoms. The van der Waals surface area contributed by atoms with Gasteiger partial charge in [0.15, 0.2) is 0 Å². The van der Waals surface area contributed by atoms with E-state index in [2.05, 4.69) is 5.32 Å². The molecule has 6 nitrogen and oxygen atoms in total. The molecular formula is C22H27N3O3. The maximum Gasteiger partial charge on any atom is 0.241 e. The van der Waals surface area contributed by atoms with E-state index in [1.54, 1.807) is 4.90 Å². The Balaban J connectivity index is 1.76. The summed E-state index contributed by atoms with van der Waals surface area (Å²) in [7, 11) is 1.92. The third-order valence-corrected chi connectivity index (χ3v) is 4.75. The van der Waals surface area contributed by atoms with Gasteiger partial charge < -0.3 is 15.0 Å². The lowest BCUT2D eigenvalue weighted by Gasteiger charge is -2.30. The highest BCUT2D eigenvalue weighted by Gasteiger charge is 2.29. The van der Waals surface area contributed by atoms with Crippen molar-refractivity contribution in [2.45, 2.75) is 32.9 Å². The van der Waals surface area contributed by atoms with Gasteiger partial charge in [-0.1, -0.05) is 30.3 Å². The van der Waals surface area contributed by atoms with Crippen molar-refractivity contribution < 1.29 is 14.3 Å². The normalized spacial score (nSPS) is 16.4. The number of hydrogen-bond donors (Lipinski definition) is 1. The van der Waals surface area contributed by atoms with Crippen LogP contribution >= 0.6 is 0 Å². The maximum absolute atomic E-state index is 13.2. The van der Waals surface area contributed by atoms with Crippen LogP contribution in [0, 0.1) is 0 Å². The van der Waals surface area contributed by atoms with Crippen LogP contribution in [0.25, 0.3) is 0 Å². The Labute approximate surface area is 166 Å². The Bertz CT molecular complexity index is 852. The van der Waals surface area contributed by atoms with Gasteiger partial charge >= 0.3 is 0 Å². The summed E-state index contributed by atoms with van der Waals surface area (Å²) in [4.78, 5) is 29.0. The number of fused-ring (bicyclic) bond motifs is 1. The van der Waals surface area contributed by atoms with E-state index in [4.69, 9.17) is 4.74 Å². The van der Waals surface area contributed by atoms with E-state index in [0.29, 0.717) is 18.8 Å². The zero-order valence-corrected chi connectivity index (χ0v) is 16.6. The van der Waals surface area contributed by atoms with Gasteiger partial charge in [-0.3, -0.25) is 14.5 Å². The monoisotopic (exact) mass is 381 g/mol. The molecule has 0 radical (unpaired) electrons. The Morgan fingerprint density at radius 2 is 1.93 bits per heavy atom. The van der Waals surface area contributed by atoms with Crippen LogP contribution in [0.1, 0.15) is 25.8 Å². The Hall–Kier alpha value is -2.86. The molecule has 28 heavy (non-hydrogen) atoms. The molecule has 3 rings (SSSR count). The van der Waals surface area contributed by atoms with Crippen LogP contribution in [0.5, 0.6) is 5.75 Å². The molecule has 0 aliphatic carbocycles. The predicted octanol–water partition coefficient (Wildman–Crippen LogP) is 3.28. The number of carbonyl (C=O) groups is 2. The number of likely N-dealkylation sites (N-methyl/N-ethyl adjacent to an activating group) is 1. The number of nitrogens with one attached hydrogen (secondary N) is 1. The lowest BCUT2D eigenvalue weighted by Crippen LogP contribution is -2.44. The van der Waals surface area contributed by atoms with Crippen LogP contribution in [0.2, 0.25) is 0 Å². The van der Waals surface area contributed by atoms with Gasteiger partial charge in [-0.25, -0.2) is 0 Å². The van der Waals surface area contributed by atoms with Crippen molar-refractivity contribution in [1.29, 1.82) is 0 Å². The molecule has 1 unspecified atom stereocenters. The van der Waals surface area contributed by atoms with Crippen LogP contribution in [0.4, 0.5) is 11.4 Å². The molecule has 1 heterocycles. The summed E-state index contributed by atoms with van der Waals surface area (Å²) in [5, 5.41) is 2.89. The fraction of sp³-hybridized carbons (Fsp3) is 0.364. The van der Waals surface area contributed by atoms with Crippen LogP contribution in [0.3, 0.4) is 0 Å². The highest BCUT2D eigenvalue weighted by Crippen LogP contribution is 2.31. The lowest BCUT2D eigenvalue weighted by atomic mass is 10.1. The number of hydrogen-bond acceptors (Lipinski definition) is 4. The first-order valence-electron chi connectivity index (χ1n) is 9.59. The van der Waals surface area contributed by atoms with Crippen molar-refractivity contribution in [2.75, 3.05) is 30.4 Å². The molecular weight excluding hydrogens is 354 g/mol. The lowest BCUT2D eigenvalue weighted by molar-refractivity contribution is -0.120. The minimum atomic E-state index is -0.208. The summed E-state index contributed by atoms with van der Waals surface area (Å²) in [6.45, 7) is 5.31. The Kier molecular flexibility index (Phi) is 6.31. The van der Waals surface area contributed by atoms with Gasteiger partial charge in [0.25, 0.3) is 0 Å². The molecule has 0 bridgehead atoms. The number of anilines is 2. The highest BCUT2D eigenvalue weighted by molar-refractivity contribution is 6.04. The van der Waals surface area contributed by atoms with Gasteiger partial charge in [0.05, 0.1) is 24.5 Å². The van der Waals surface area contributed by atoms with Crippen molar-refractivity contribution in [1.82, 2.24) is 4.90 Å². The first-order chi connectivity index (χ1) is 13.5. The Morgan fingerprint density at radius 3 is 2.71 bits per heavy atom. The fourth-order valence-corrected chi connectivity index (χ4v) is 3.55. The molecule has 0 saturated heterocycles. The van der Waals surface area contributed by atoms with Crippen molar-refractivity contribution >= 4 is 23.2 Å². The zero-order valence-electron chi connectivity index (χ0n) is 16.6. The molecule has 6 heteroatoms. The second-order valence-corrected chi connectivity index (χ2v) is 7.10. The summed E-state index contributed by atoms with van der Waals surface area (Å²) >= 11 is 0. The van der Waals surface area contributed by atoms with Gasteiger partial charge in [0.1, 0.15) is 5.75 Å². The van der Waals surface area contributed by atoms with Crippen LogP contribution in [-0.4, -0.2) is 43.0 Å². The van der Waals surface area contributed by atoms with E-state index < -0.39 is 0 Å². The Morgan fingerprint density at radius 1 is 1.21 bits per heavy atom. The quantitative estimate of drug-likeness (QED) is 0.834. The van der Waals surface area contributed by atoms with E-state index in [1.807, 2.05) is 74.3 Å². The first-order valence-corrected chi connectivity index (χ1v) is 9.59. The fourth-order valence-electron chi connectivity index (χ4n) is 3.55. The van der Waals surface area contributed by atoms with Gasteiger partial charge in [0, 0.05) is 24.6 Å². The third-order valence-electron chi connectivity index (χ3n) is 4.75. The molecule has 1 aliphatic rings. The van der Waals surface area contributed by atoms with E-state index in [9.17, 15) is 9.59 Å². The largest absolute Gasteiger partial charge is 0.494 e. The van der Waals surface area contributed by atoms with Gasteiger partial charge in [0.2, 0.25) is 11.8 Å². The molecule has 2 aromatic rings. The molecule has 1 N–H and O–H groups in total. The molecule has 2 aromatic carbocycles. The molecule has 0 fully saturated rings. The molecule has 148 valence electrons. The van der Waals surface area contributed by atoms with Crippen LogP contribution < -0.4 is 15.0 Å². The van der Waals surface area contributed by atoms with E-state index in [-0.39, 0.29) is 30.8 Å². The van der Waals surface area contributed by atoms with Gasteiger partial charge in [-0.2, -0.15) is 0 Å². The van der Waals surface area contributed by atoms with E-state index in [0.717, 1.165) is 17.0 Å². The topological polar surface area (TPSA) is 61.9 Å². The van der Waals surface area contributed by atoms with E-state index >= 15 is 0 Å². The maximum atomic E-state index is 13.2. The number of benzene rings is 2. The minimum Gasteiger partial charge on any atom is -0.494 e. The summed E-state index contributed by atoms with van der Waals surface area (Å²) < 4.78 is 5.68. The smallest absolute Gasteiger partial charge is 0.241 e. The molecule has 2 amide bonds. The standard InChI is InChI=1S/C22H27N3O3/c1-4-28-20-12-8-5-9-17(20)14-24(3)15-22(27)25-16(2)13-21(26)23-18-10-6-7-11-19(18)25/h5-12,16H,4,13-15H2,1-3H3,(H,23,26). The molecule has 0 saturated carbocycles. The molecule has 1 atom stereocenters. The zero-order chi connectivity index (χ0) is 20.1. The summed E-state index contributed by atoms with van der Waals surface area (Å²) in [5.74, 6) is 0.731. The van der Waals surface area contributed by atoms with Crippen molar-refractivity contribution in [2.24, 2.45) is 0 Å². The second kappa shape index (κ2) is 8.89. The van der Waals surface area contributed by atoms with Crippen molar-refractivity contribution in [3.63, 3.8) is 0 Å². The second-order valence-electron chi connectivity index (χ2n) is 7.10. The molecule has 0 aromatic heterocycles. The van der Waals surface area contributed by atoms with E-state index in [1.165, 1.54) is 0 Å². The number of nitrogens with zero attached hydrogens (tertiary/aromatic N) is 2. The average Bonchev–Trinajstić information content (AvgIpc) is 2.77. The number of carbonyl (C=O) groups excluding carboxylic acids is 2. The van der Waals surface area contributed by atoms with Crippen LogP contribution in [0.15, 0.2) is 48.5 Å². The SMILES string of the molecule is CCOc1ccccc1CN(C)CC(=O)N1c2ccccc2NC(=O)CC1C. The first kappa shape index (κ1) is 19.9. The minimum absolute atomic E-state index is 0.0344. The van der Waals surface area contributed by atoms with Crippen molar-refractivity contribution in [3.8, 4) is 5.75 Å². The summed E-state index contributed by atoms with van der Waals surface area (Å²) in [6, 6.07) is 15.1. The van der Waals surface area contributed by atoms with Crippen molar-refractivity contribution in [3.05, 3.63) is 54.1 Å². The predicted molar refractivity (Wildman–Crippen MR) is 111 cm³/mol. The summed E-state index contributed by atoms with van der Waals surface area (Å²) in [6.07, 6.45) is 0.275. The number of amides is 2. The third kappa shape index (κ3) is 4.51. The number of para-hydroxylation sites is 3. The number of ether oxygens (including phenoxy) is 1. The van der Waals surface area contributed by atoms with Crippen LogP contribution in [-0.2, 0) is 16.1 Å². The van der Waals surface area contributed by atoms with Gasteiger partial charge in [-0.15, -0.1) is 0 Å². The highest BCUT2D eigenvalue weighted by atomic mass is 16.5.